The lowest BCUT2D eigenvalue weighted by Gasteiger charge is -2.29. The van der Waals surface area contributed by atoms with Crippen molar-refractivity contribution in [2.75, 3.05) is 13.1 Å². The summed E-state index contributed by atoms with van der Waals surface area (Å²) in [6, 6.07) is 13.0. The first-order chi connectivity index (χ1) is 13.0. The molecule has 0 aliphatic carbocycles. The number of hydrogen-bond donors (Lipinski definition) is 1. The number of amides is 1. The normalized spacial score (nSPS) is 16.4. The molecule has 0 spiro atoms. The zero-order valence-electron chi connectivity index (χ0n) is 15.0. The number of carbonyl (C=O) groups excluding carboxylic acids is 1. The largest absolute Gasteiger partial charge is 0.352 e. The van der Waals surface area contributed by atoms with Gasteiger partial charge in [0.15, 0.2) is 0 Å². The molecular formula is C20H23N3O3S. The van der Waals surface area contributed by atoms with E-state index in [0.29, 0.717) is 32.5 Å². The van der Waals surface area contributed by atoms with Crippen molar-refractivity contribution in [3.05, 3.63) is 71.4 Å². The van der Waals surface area contributed by atoms with Gasteiger partial charge in [-0.1, -0.05) is 30.3 Å². The van der Waals surface area contributed by atoms with Crippen molar-refractivity contribution < 1.29 is 13.2 Å². The van der Waals surface area contributed by atoms with Gasteiger partial charge in [0.1, 0.15) is 0 Å². The van der Waals surface area contributed by atoms with Crippen molar-refractivity contribution in [3.8, 4) is 0 Å². The number of hydrogen-bond acceptors (Lipinski definition) is 4. The standard InChI is InChI=1S/C20H23N3O3S/c24-20(22-16-18-6-11-21-12-7-18)19-8-13-23(14-9-19)27(25,26)15-10-17-4-2-1-3-5-17/h1-7,10-12,15,19H,8-9,13-14,16H2,(H,22,24)/b15-10+. The first kappa shape index (κ1) is 19.3. The van der Waals surface area contributed by atoms with Crippen LogP contribution in [0.2, 0.25) is 0 Å². The maximum atomic E-state index is 12.5. The van der Waals surface area contributed by atoms with Crippen molar-refractivity contribution in [2.24, 2.45) is 5.92 Å². The van der Waals surface area contributed by atoms with Gasteiger partial charge < -0.3 is 5.32 Å². The molecule has 0 unspecified atom stereocenters. The fraction of sp³-hybridized carbons (Fsp3) is 0.300. The monoisotopic (exact) mass is 385 g/mol. The zero-order valence-corrected chi connectivity index (χ0v) is 15.8. The molecule has 1 N–H and O–H groups in total. The number of pyridine rings is 1. The maximum Gasteiger partial charge on any atom is 0.236 e. The highest BCUT2D eigenvalue weighted by atomic mass is 32.2. The van der Waals surface area contributed by atoms with E-state index in [1.54, 1.807) is 18.5 Å². The van der Waals surface area contributed by atoms with Gasteiger partial charge >= 0.3 is 0 Å². The highest BCUT2D eigenvalue weighted by Gasteiger charge is 2.29. The Morgan fingerprint density at radius 2 is 1.78 bits per heavy atom. The van der Waals surface area contributed by atoms with Crippen LogP contribution in [0.1, 0.15) is 24.0 Å². The lowest BCUT2D eigenvalue weighted by Crippen LogP contribution is -2.42. The van der Waals surface area contributed by atoms with Gasteiger partial charge in [0.25, 0.3) is 0 Å². The molecule has 1 aromatic carbocycles. The molecule has 7 heteroatoms. The van der Waals surface area contributed by atoms with E-state index in [9.17, 15) is 13.2 Å². The fourth-order valence-corrected chi connectivity index (χ4v) is 4.24. The molecule has 1 aliphatic rings. The summed E-state index contributed by atoms with van der Waals surface area (Å²) in [5.41, 5.74) is 1.83. The van der Waals surface area contributed by atoms with Crippen LogP contribution in [0.3, 0.4) is 0 Å². The summed E-state index contributed by atoms with van der Waals surface area (Å²) in [6.45, 7) is 1.17. The van der Waals surface area contributed by atoms with Crippen LogP contribution in [0.5, 0.6) is 0 Å². The number of nitrogens with zero attached hydrogens (tertiary/aromatic N) is 2. The van der Waals surface area contributed by atoms with Gasteiger partial charge in [-0.15, -0.1) is 0 Å². The van der Waals surface area contributed by atoms with Crippen LogP contribution in [0.15, 0.2) is 60.3 Å². The first-order valence-electron chi connectivity index (χ1n) is 8.94. The third kappa shape index (κ3) is 5.48. The Morgan fingerprint density at radius 1 is 1.11 bits per heavy atom. The van der Waals surface area contributed by atoms with Crippen LogP contribution in [-0.4, -0.2) is 36.7 Å². The SMILES string of the molecule is O=C(NCc1ccncc1)C1CCN(S(=O)(=O)/C=C/c2ccccc2)CC1. The number of sulfonamides is 1. The number of carbonyl (C=O) groups is 1. The molecule has 1 amide bonds. The molecule has 3 rings (SSSR count). The van der Waals surface area contributed by atoms with Crippen LogP contribution in [-0.2, 0) is 21.4 Å². The number of piperidine rings is 1. The van der Waals surface area contributed by atoms with E-state index in [-0.39, 0.29) is 11.8 Å². The predicted octanol–water partition coefficient (Wildman–Crippen LogP) is 2.41. The minimum absolute atomic E-state index is 0.0244. The third-order valence-corrected chi connectivity index (χ3v) is 6.20. The second-order valence-corrected chi connectivity index (χ2v) is 8.32. The highest BCUT2D eigenvalue weighted by molar-refractivity contribution is 7.92. The van der Waals surface area contributed by atoms with Gasteiger partial charge in [0.05, 0.1) is 0 Å². The fourth-order valence-electron chi connectivity index (χ4n) is 3.02. The van der Waals surface area contributed by atoms with E-state index < -0.39 is 10.0 Å². The Hall–Kier alpha value is -2.51. The Labute approximate surface area is 160 Å². The van der Waals surface area contributed by atoms with Gasteiger partial charge in [0.2, 0.25) is 15.9 Å². The summed E-state index contributed by atoms with van der Waals surface area (Å²) in [7, 11) is -3.47. The molecule has 27 heavy (non-hydrogen) atoms. The maximum absolute atomic E-state index is 12.5. The Balaban J connectivity index is 1.50. The second kappa shape index (κ2) is 8.92. The van der Waals surface area contributed by atoms with Crippen molar-refractivity contribution in [1.29, 1.82) is 0 Å². The molecule has 6 nitrogen and oxygen atoms in total. The smallest absolute Gasteiger partial charge is 0.236 e. The first-order valence-corrected chi connectivity index (χ1v) is 10.4. The predicted molar refractivity (Wildman–Crippen MR) is 105 cm³/mol. The van der Waals surface area contributed by atoms with E-state index in [4.69, 9.17) is 0 Å². The number of aromatic nitrogens is 1. The van der Waals surface area contributed by atoms with E-state index in [1.807, 2.05) is 42.5 Å². The number of benzene rings is 1. The van der Waals surface area contributed by atoms with Crippen molar-refractivity contribution >= 4 is 22.0 Å². The van der Waals surface area contributed by atoms with E-state index >= 15 is 0 Å². The molecule has 0 atom stereocenters. The van der Waals surface area contributed by atoms with Crippen LogP contribution in [0, 0.1) is 5.92 Å². The molecular weight excluding hydrogens is 362 g/mol. The zero-order chi connectivity index (χ0) is 19.1. The van der Waals surface area contributed by atoms with Gasteiger partial charge in [-0.05, 0) is 42.2 Å². The summed E-state index contributed by atoms with van der Waals surface area (Å²) >= 11 is 0. The molecule has 0 bridgehead atoms. The van der Waals surface area contributed by atoms with E-state index in [1.165, 1.54) is 9.71 Å². The van der Waals surface area contributed by atoms with Gasteiger partial charge in [-0.3, -0.25) is 9.78 Å². The summed E-state index contributed by atoms with van der Waals surface area (Å²) in [6.07, 6.45) is 6.03. The minimum Gasteiger partial charge on any atom is -0.352 e. The molecule has 0 radical (unpaired) electrons. The molecule has 1 aliphatic heterocycles. The summed E-state index contributed by atoms with van der Waals surface area (Å²) in [5, 5.41) is 4.16. The molecule has 2 aromatic rings. The van der Waals surface area contributed by atoms with E-state index in [2.05, 4.69) is 10.3 Å². The Bertz CT molecular complexity index is 875. The molecule has 1 fully saturated rings. The molecule has 142 valence electrons. The topological polar surface area (TPSA) is 79.4 Å². The van der Waals surface area contributed by atoms with Crippen molar-refractivity contribution in [3.63, 3.8) is 0 Å². The van der Waals surface area contributed by atoms with Crippen LogP contribution >= 0.6 is 0 Å². The molecule has 0 saturated carbocycles. The van der Waals surface area contributed by atoms with Crippen LogP contribution in [0.25, 0.3) is 6.08 Å². The summed E-state index contributed by atoms with van der Waals surface area (Å²) < 4.78 is 26.4. The third-order valence-electron chi connectivity index (χ3n) is 4.63. The summed E-state index contributed by atoms with van der Waals surface area (Å²) in [5.74, 6) is -0.180. The lowest BCUT2D eigenvalue weighted by molar-refractivity contribution is -0.126. The molecule has 2 heterocycles. The van der Waals surface area contributed by atoms with Gasteiger partial charge in [-0.25, -0.2) is 8.42 Å². The lowest BCUT2D eigenvalue weighted by atomic mass is 9.97. The van der Waals surface area contributed by atoms with E-state index in [0.717, 1.165) is 11.1 Å². The van der Waals surface area contributed by atoms with Crippen LogP contribution < -0.4 is 5.32 Å². The minimum atomic E-state index is -3.47. The van der Waals surface area contributed by atoms with Crippen molar-refractivity contribution in [2.45, 2.75) is 19.4 Å². The quantitative estimate of drug-likeness (QED) is 0.828. The number of nitrogens with one attached hydrogen (secondary N) is 1. The van der Waals surface area contributed by atoms with Gasteiger partial charge in [0, 0.05) is 43.4 Å². The average Bonchev–Trinajstić information content (AvgIpc) is 2.72. The highest BCUT2D eigenvalue weighted by Crippen LogP contribution is 2.21. The van der Waals surface area contributed by atoms with Gasteiger partial charge in [-0.2, -0.15) is 4.31 Å². The second-order valence-electron chi connectivity index (χ2n) is 6.50. The summed E-state index contributed by atoms with van der Waals surface area (Å²) in [4.78, 5) is 16.3. The Kier molecular flexibility index (Phi) is 6.36. The molecule has 1 saturated heterocycles. The molecule has 1 aromatic heterocycles. The van der Waals surface area contributed by atoms with Crippen molar-refractivity contribution in [1.82, 2.24) is 14.6 Å². The Morgan fingerprint density at radius 3 is 2.44 bits per heavy atom. The average molecular weight is 385 g/mol. The van der Waals surface area contributed by atoms with Crippen LogP contribution in [0.4, 0.5) is 0 Å². The number of rotatable bonds is 6.